The number of carbonyl (C=O) groups excluding carboxylic acids is 1. The van der Waals surface area contributed by atoms with Crippen molar-refractivity contribution < 1.29 is 37.7 Å². The first-order valence-corrected chi connectivity index (χ1v) is 10.4. The number of aliphatic hydroxyl groups is 1. The third-order valence-electron chi connectivity index (χ3n) is 5.79. The van der Waals surface area contributed by atoms with E-state index >= 15 is 0 Å². The normalized spacial score (nSPS) is 14.6. The van der Waals surface area contributed by atoms with E-state index in [1.807, 2.05) is 48.5 Å². The summed E-state index contributed by atoms with van der Waals surface area (Å²) >= 11 is 0. The van der Waals surface area contributed by atoms with E-state index in [1.54, 1.807) is 0 Å². The zero-order valence-electron chi connectivity index (χ0n) is 17.6. The Morgan fingerprint density at radius 1 is 0.912 bits per heavy atom. The third-order valence-corrected chi connectivity index (χ3v) is 5.79. The van der Waals surface area contributed by atoms with Crippen LogP contribution in [0.5, 0.6) is 0 Å². The third kappa shape index (κ3) is 4.47. The van der Waals surface area contributed by atoms with Crippen LogP contribution in [0.1, 0.15) is 34.2 Å². The number of fused-ring (bicyclic) bond motifs is 3. The van der Waals surface area contributed by atoms with Gasteiger partial charge >= 0.3 is 18.2 Å². The summed E-state index contributed by atoms with van der Waals surface area (Å²) in [7, 11) is 0. The number of carboxylic acid groups (broad SMARTS) is 1. The van der Waals surface area contributed by atoms with Crippen molar-refractivity contribution in [2.75, 3.05) is 6.61 Å². The minimum absolute atomic E-state index is 0.128. The first-order valence-electron chi connectivity index (χ1n) is 10.4. The second kappa shape index (κ2) is 9.18. The molecule has 3 aromatic rings. The number of halogens is 3. The molecule has 0 unspecified atom stereocenters. The quantitative estimate of drug-likeness (QED) is 0.483. The Morgan fingerprint density at radius 2 is 1.44 bits per heavy atom. The molecule has 1 amide bonds. The van der Waals surface area contributed by atoms with Gasteiger partial charge in [0.25, 0.3) is 0 Å². The second-order valence-electron chi connectivity index (χ2n) is 7.82. The highest BCUT2D eigenvalue weighted by molar-refractivity contribution is 5.79. The molecule has 0 saturated carbocycles. The molecule has 34 heavy (non-hydrogen) atoms. The number of hydrogen-bond acceptors (Lipinski definition) is 4. The topological polar surface area (TPSA) is 95.9 Å². The molecule has 0 bridgehead atoms. The van der Waals surface area contributed by atoms with Crippen LogP contribution >= 0.6 is 0 Å². The molecule has 176 valence electrons. The Bertz CT molecular complexity index is 1180. The smallest absolute Gasteiger partial charge is 0.416 e. The number of benzene rings is 3. The number of carboxylic acids is 1. The van der Waals surface area contributed by atoms with Gasteiger partial charge in [0.1, 0.15) is 6.61 Å². The molecule has 3 aromatic carbocycles. The van der Waals surface area contributed by atoms with Crippen LogP contribution in [-0.4, -0.2) is 35.0 Å². The van der Waals surface area contributed by atoms with Crippen molar-refractivity contribution in [2.24, 2.45) is 0 Å². The molecule has 0 saturated heterocycles. The summed E-state index contributed by atoms with van der Waals surface area (Å²) in [5.74, 6) is -2.09. The van der Waals surface area contributed by atoms with Gasteiger partial charge in [-0.15, -0.1) is 0 Å². The van der Waals surface area contributed by atoms with Crippen LogP contribution in [-0.2, 0) is 15.7 Å². The lowest BCUT2D eigenvalue weighted by atomic mass is 9.96. The summed E-state index contributed by atoms with van der Waals surface area (Å²) in [4.78, 5) is 24.0. The molecule has 0 radical (unpaired) electrons. The highest BCUT2D eigenvalue weighted by Gasteiger charge is 2.39. The summed E-state index contributed by atoms with van der Waals surface area (Å²) in [6, 6.07) is 17.4. The van der Waals surface area contributed by atoms with E-state index in [-0.39, 0.29) is 12.5 Å². The number of alkyl carbamates (subject to hydrolysis) is 1. The van der Waals surface area contributed by atoms with Gasteiger partial charge in [0.2, 0.25) is 0 Å². The molecule has 6 nitrogen and oxygen atoms in total. The van der Waals surface area contributed by atoms with E-state index in [1.165, 1.54) is 6.07 Å². The number of hydrogen-bond donors (Lipinski definition) is 3. The van der Waals surface area contributed by atoms with Crippen LogP contribution in [0.25, 0.3) is 11.1 Å². The second-order valence-corrected chi connectivity index (χ2v) is 7.82. The molecule has 4 rings (SSSR count). The van der Waals surface area contributed by atoms with Crippen LogP contribution < -0.4 is 5.32 Å². The van der Waals surface area contributed by atoms with Crippen LogP contribution in [0.3, 0.4) is 0 Å². The van der Waals surface area contributed by atoms with Crippen molar-refractivity contribution in [2.45, 2.75) is 24.2 Å². The number of ether oxygens (including phenoxy) is 1. The minimum Gasteiger partial charge on any atom is -0.479 e. The summed E-state index contributed by atoms with van der Waals surface area (Å²) in [5.41, 5.74) is 2.09. The molecule has 0 fully saturated rings. The summed E-state index contributed by atoms with van der Waals surface area (Å²) in [6.45, 7) is -0.128. The molecular formula is C25H20F3NO5. The molecular weight excluding hydrogens is 451 g/mol. The van der Waals surface area contributed by atoms with Gasteiger partial charge in [0, 0.05) is 5.92 Å². The van der Waals surface area contributed by atoms with E-state index in [4.69, 9.17) is 4.74 Å². The Morgan fingerprint density at radius 3 is 2.00 bits per heavy atom. The van der Waals surface area contributed by atoms with Crippen molar-refractivity contribution >= 4 is 12.1 Å². The van der Waals surface area contributed by atoms with Crippen LogP contribution in [0, 0.1) is 0 Å². The molecule has 2 atom stereocenters. The zero-order valence-corrected chi connectivity index (χ0v) is 17.6. The zero-order chi connectivity index (χ0) is 24.5. The standard InChI is InChI=1S/C25H20F3NO5/c26-25(27,28)20-12-6-5-11-18(20)21(22(30)23(31)32)29-24(33)34-13-19-16-9-3-1-7-14(16)15-8-2-4-10-17(15)19/h1-12,19,21-22,30H,13H2,(H,29,33)(H,31,32)/t21-,22-/m0/s1. The molecule has 0 heterocycles. The summed E-state index contributed by atoms with van der Waals surface area (Å²) in [6.07, 6.45) is -8.30. The van der Waals surface area contributed by atoms with Crippen LogP contribution in [0.2, 0.25) is 0 Å². The highest BCUT2D eigenvalue weighted by atomic mass is 19.4. The van der Waals surface area contributed by atoms with Crippen molar-refractivity contribution in [1.29, 1.82) is 0 Å². The average Bonchev–Trinajstić information content (AvgIpc) is 3.14. The molecule has 9 heteroatoms. The van der Waals surface area contributed by atoms with Gasteiger partial charge in [0.15, 0.2) is 6.10 Å². The number of rotatable bonds is 6. The summed E-state index contributed by atoms with van der Waals surface area (Å²) in [5, 5.41) is 21.4. The van der Waals surface area contributed by atoms with E-state index in [2.05, 4.69) is 5.32 Å². The van der Waals surface area contributed by atoms with E-state index in [0.29, 0.717) is 0 Å². The molecule has 3 N–H and O–H groups in total. The van der Waals surface area contributed by atoms with Gasteiger partial charge in [-0.25, -0.2) is 9.59 Å². The molecule has 1 aliphatic rings. The molecule has 0 aliphatic heterocycles. The molecule has 1 aliphatic carbocycles. The van der Waals surface area contributed by atoms with Gasteiger partial charge in [-0.05, 0) is 33.9 Å². The van der Waals surface area contributed by atoms with Crippen molar-refractivity contribution in [3.05, 3.63) is 95.1 Å². The number of carbonyl (C=O) groups is 2. The van der Waals surface area contributed by atoms with Gasteiger partial charge in [-0.3, -0.25) is 0 Å². The fourth-order valence-electron chi connectivity index (χ4n) is 4.26. The Hall–Kier alpha value is -3.85. The maximum Gasteiger partial charge on any atom is 0.416 e. The van der Waals surface area contributed by atoms with Gasteiger partial charge in [-0.2, -0.15) is 13.2 Å². The maximum atomic E-state index is 13.5. The Balaban J connectivity index is 1.56. The first kappa shape index (κ1) is 23.3. The first-order chi connectivity index (χ1) is 16.2. The van der Waals surface area contributed by atoms with Gasteiger partial charge in [-0.1, -0.05) is 66.7 Å². The fourth-order valence-corrected chi connectivity index (χ4v) is 4.26. The van der Waals surface area contributed by atoms with E-state index in [0.717, 1.165) is 40.5 Å². The molecule has 0 spiro atoms. The number of aliphatic hydroxyl groups excluding tert-OH is 1. The fraction of sp³-hybridized carbons (Fsp3) is 0.200. The highest BCUT2D eigenvalue weighted by Crippen LogP contribution is 2.44. The van der Waals surface area contributed by atoms with Crippen LogP contribution in [0.15, 0.2) is 72.8 Å². The predicted octanol–water partition coefficient (Wildman–Crippen LogP) is 4.73. The lowest BCUT2D eigenvalue weighted by molar-refractivity contribution is -0.149. The minimum atomic E-state index is -4.82. The SMILES string of the molecule is O=C(N[C@@H](c1ccccc1C(F)(F)F)[C@H](O)C(=O)O)OCC1c2ccccc2-c2ccccc21. The maximum absolute atomic E-state index is 13.5. The van der Waals surface area contributed by atoms with Gasteiger partial charge < -0.3 is 20.3 Å². The Labute approximate surface area is 192 Å². The number of aliphatic carboxylic acids is 1. The number of amides is 1. The van der Waals surface area contributed by atoms with Gasteiger partial charge in [0.05, 0.1) is 11.6 Å². The largest absolute Gasteiger partial charge is 0.479 e. The number of nitrogens with one attached hydrogen (secondary N) is 1. The van der Waals surface area contributed by atoms with Crippen molar-refractivity contribution in [3.8, 4) is 11.1 Å². The Kier molecular flexibility index (Phi) is 6.30. The summed E-state index contributed by atoms with van der Waals surface area (Å²) < 4.78 is 45.7. The lowest BCUT2D eigenvalue weighted by Gasteiger charge is -2.25. The van der Waals surface area contributed by atoms with E-state index < -0.39 is 41.5 Å². The monoisotopic (exact) mass is 471 g/mol. The van der Waals surface area contributed by atoms with Crippen molar-refractivity contribution in [3.63, 3.8) is 0 Å². The average molecular weight is 471 g/mol. The predicted molar refractivity (Wildman–Crippen MR) is 116 cm³/mol. The number of alkyl halides is 3. The lowest BCUT2D eigenvalue weighted by Crippen LogP contribution is -2.41. The van der Waals surface area contributed by atoms with E-state index in [9.17, 15) is 33.0 Å². The molecule has 0 aromatic heterocycles. The van der Waals surface area contributed by atoms with Crippen LogP contribution in [0.4, 0.5) is 18.0 Å². The van der Waals surface area contributed by atoms with Crippen molar-refractivity contribution in [1.82, 2.24) is 5.32 Å².